The molecule has 1 aliphatic rings. The highest BCUT2D eigenvalue weighted by Gasteiger charge is 2.26. The lowest BCUT2D eigenvalue weighted by molar-refractivity contribution is 0.375. The SMILES string of the molecule is COc1ccc(N)c2c1CCNC2C(C)C. The maximum atomic E-state index is 6.10. The van der Waals surface area contributed by atoms with E-state index < -0.39 is 0 Å². The van der Waals surface area contributed by atoms with Crippen molar-refractivity contribution in [1.82, 2.24) is 5.32 Å². The van der Waals surface area contributed by atoms with Crippen LogP contribution in [0.1, 0.15) is 31.0 Å². The minimum Gasteiger partial charge on any atom is -0.496 e. The van der Waals surface area contributed by atoms with Gasteiger partial charge in [-0.2, -0.15) is 0 Å². The summed E-state index contributed by atoms with van der Waals surface area (Å²) in [5.41, 5.74) is 9.49. The zero-order valence-electron chi connectivity index (χ0n) is 10.2. The molecule has 2 rings (SSSR count). The molecule has 1 aromatic rings. The van der Waals surface area contributed by atoms with E-state index >= 15 is 0 Å². The number of nitrogens with two attached hydrogens (primary N) is 1. The van der Waals surface area contributed by atoms with E-state index in [9.17, 15) is 0 Å². The van der Waals surface area contributed by atoms with Crippen LogP contribution in [-0.2, 0) is 6.42 Å². The summed E-state index contributed by atoms with van der Waals surface area (Å²) >= 11 is 0. The van der Waals surface area contributed by atoms with Crippen molar-refractivity contribution in [3.63, 3.8) is 0 Å². The number of nitrogens with one attached hydrogen (secondary N) is 1. The van der Waals surface area contributed by atoms with Crippen LogP contribution < -0.4 is 15.8 Å². The molecule has 0 saturated carbocycles. The highest BCUT2D eigenvalue weighted by Crippen LogP contribution is 2.37. The number of benzene rings is 1. The Morgan fingerprint density at radius 1 is 1.44 bits per heavy atom. The van der Waals surface area contributed by atoms with E-state index in [0.717, 1.165) is 24.4 Å². The van der Waals surface area contributed by atoms with Gasteiger partial charge in [0.1, 0.15) is 5.75 Å². The average molecular weight is 220 g/mol. The van der Waals surface area contributed by atoms with Crippen LogP contribution in [0, 0.1) is 5.92 Å². The van der Waals surface area contributed by atoms with Crippen molar-refractivity contribution in [2.75, 3.05) is 19.4 Å². The van der Waals surface area contributed by atoms with E-state index in [2.05, 4.69) is 19.2 Å². The molecule has 0 aliphatic carbocycles. The second-order valence-corrected chi connectivity index (χ2v) is 4.68. The molecule has 0 fully saturated rings. The Bertz CT molecular complexity index is 388. The highest BCUT2D eigenvalue weighted by molar-refractivity contribution is 5.59. The van der Waals surface area contributed by atoms with Gasteiger partial charge in [-0.05, 0) is 36.6 Å². The molecule has 0 aromatic heterocycles. The third-order valence-corrected chi connectivity index (χ3v) is 3.28. The molecular formula is C13H20N2O. The fourth-order valence-corrected chi connectivity index (χ4v) is 2.50. The lowest BCUT2D eigenvalue weighted by Gasteiger charge is -2.32. The highest BCUT2D eigenvalue weighted by atomic mass is 16.5. The van der Waals surface area contributed by atoms with E-state index in [1.807, 2.05) is 12.1 Å². The third kappa shape index (κ3) is 1.76. The van der Waals surface area contributed by atoms with Crippen molar-refractivity contribution in [3.8, 4) is 5.75 Å². The molecule has 3 nitrogen and oxygen atoms in total. The average Bonchev–Trinajstić information content (AvgIpc) is 2.29. The Morgan fingerprint density at radius 3 is 2.81 bits per heavy atom. The number of rotatable bonds is 2. The second-order valence-electron chi connectivity index (χ2n) is 4.68. The summed E-state index contributed by atoms with van der Waals surface area (Å²) in [5.74, 6) is 1.50. The molecule has 1 aromatic carbocycles. The van der Waals surface area contributed by atoms with Gasteiger partial charge < -0.3 is 15.8 Å². The molecule has 1 aliphatic heterocycles. The molecule has 88 valence electrons. The second kappa shape index (κ2) is 4.34. The zero-order valence-corrected chi connectivity index (χ0v) is 10.2. The van der Waals surface area contributed by atoms with Gasteiger partial charge in [0, 0.05) is 17.3 Å². The molecule has 0 saturated heterocycles. The molecular weight excluding hydrogens is 200 g/mol. The van der Waals surface area contributed by atoms with Gasteiger partial charge in [-0.15, -0.1) is 0 Å². The number of hydrogen-bond donors (Lipinski definition) is 2. The number of ether oxygens (including phenoxy) is 1. The van der Waals surface area contributed by atoms with Crippen LogP contribution >= 0.6 is 0 Å². The first kappa shape index (κ1) is 11.3. The molecule has 16 heavy (non-hydrogen) atoms. The standard InChI is InChI=1S/C13H20N2O/c1-8(2)13-12-9(6-7-15-13)11(16-3)5-4-10(12)14/h4-5,8,13,15H,6-7,14H2,1-3H3. The molecule has 1 atom stereocenters. The van der Waals surface area contributed by atoms with E-state index in [4.69, 9.17) is 10.5 Å². The third-order valence-electron chi connectivity index (χ3n) is 3.28. The predicted octanol–water partition coefficient (Wildman–Crippen LogP) is 2.12. The predicted molar refractivity (Wildman–Crippen MR) is 66.7 cm³/mol. The lowest BCUT2D eigenvalue weighted by Crippen LogP contribution is -2.34. The van der Waals surface area contributed by atoms with Crippen molar-refractivity contribution in [1.29, 1.82) is 0 Å². The molecule has 1 unspecified atom stereocenters. The first-order valence-electron chi connectivity index (χ1n) is 5.83. The minimum atomic E-state index is 0.346. The maximum absolute atomic E-state index is 6.10. The van der Waals surface area contributed by atoms with E-state index in [-0.39, 0.29) is 0 Å². The number of anilines is 1. The van der Waals surface area contributed by atoms with Gasteiger partial charge in [-0.25, -0.2) is 0 Å². The Hall–Kier alpha value is -1.22. The maximum Gasteiger partial charge on any atom is 0.122 e. The van der Waals surface area contributed by atoms with Crippen LogP contribution in [0.4, 0.5) is 5.69 Å². The van der Waals surface area contributed by atoms with Gasteiger partial charge in [-0.1, -0.05) is 13.8 Å². The Morgan fingerprint density at radius 2 is 2.19 bits per heavy atom. The number of fused-ring (bicyclic) bond motifs is 1. The van der Waals surface area contributed by atoms with Crippen molar-refractivity contribution < 1.29 is 4.74 Å². The summed E-state index contributed by atoms with van der Waals surface area (Å²) < 4.78 is 5.41. The summed E-state index contributed by atoms with van der Waals surface area (Å²) in [7, 11) is 1.72. The largest absolute Gasteiger partial charge is 0.496 e. The summed E-state index contributed by atoms with van der Waals surface area (Å²) in [4.78, 5) is 0. The van der Waals surface area contributed by atoms with Crippen molar-refractivity contribution in [3.05, 3.63) is 23.3 Å². The lowest BCUT2D eigenvalue weighted by atomic mass is 9.86. The Balaban J connectivity index is 2.54. The number of hydrogen-bond acceptors (Lipinski definition) is 3. The van der Waals surface area contributed by atoms with Gasteiger partial charge in [-0.3, -0.25) is 0 Å². The molecule has 3 N–H and O–H groups in total. The first-order chi connectivity index (χ1) is 7.65. The van der Waals surface area contributed by atoms with E-state index in [1.165, 1.54) is 11.1 Å². The minimum absolute atomic E-state index is 0.346. The van der Waals surface area contributed by atoms with E-state index in [0.29, 0.717) is 12.0 Å². The van der Waals surface area contributed by atoms with Crippen molar-refractivity contribution >= 4 is 5.69 Å². The van der Waals surface area contributed by atoms with Gasteiger partial charge in [0.2, 0.25) is 0 Å². The monoisotopic (exact) mass is 220 g/mol. The van der Waals surface area contributed by atoms with Crippen molar-refractivity contribution in [2.24, 2.45) is 5.92 Å². The van der Waals surface area contributed by atoms with Crippen molar-refractivity contribution in [2.45, 2.75) is 26.3 Å². The van der Waals surface area contributed by atoms with Crippen LogP contribution in [-0.4, -0.2) is 13.7 Å². The Labute approximate surface area is 97.0 Å². The normalized spacial score (nSPS) is 19.6. The molecule has 0 radical (unpaired) electrons. The fraction of sp³-hybridized carbons (Fsp3) is 0.538. The molecule has 0 bridgehead atoms. The first-order valence-corrected chi connectivity index (χ1v) is 5.83. The molecule has 1 heterocycles. The van der Waals surface area contributed by atoms with Crippen LogP contribution in [0.5, 0.6) is 5.75 Å². The topological polar surface area (TPSA) is 47.3 Å². The van der Waals surface area contributed by atoms with Crippen LogP contribution in [0.25, 0.3) is 0 Å². The van der Waals surface area contributed by atoms with Crippen LogP contribution in [0.3, 0.4) is 0 Å². The quantitative estimate of drug-likeness (QED) is 0.750. The summed E-state index contributed by atoms with van der Waals surface area (Å²) in [5, 5.41) is 3.53. The van der Waals surface area contributed by atoms with Gasteiger partial charge in [0.05, 0.1) is 7.11 Å². The zero-order chi connectivity index (χ0) is 11.7. The Kier molecular flexibility index (Phi) is 3.06. The van der Waals surface area contributed by atoms with Gasteiger partial charge in [0.25, 0.3) is 0 Å². The molecule has 3 heteroatoms. The molecule has 0 spiro atoms. The van der Waals surface area contributed by atoms with Gasteiger partial charge in [0.15, 0.2) is 0 Å². The number of nitrogen functional groups attached to an aromatic ring is 1. The van der Waals surface area contributed by atoms with Gasteiger partial charge >= 0.3 is 0 Å². The fourth-order valence-electron chi connectivity index (χ4n) is 2.50. The smallest absolute Gasteiger partial charge is 0.122 e. The number of methoxy groups -OCH3 is 1. The summed E-state index contributed by atoms with van der Waals surface area (Å²) in [6.07, 6.45) is 0.993. The summed E-state index contributed by atoms with van der Waals surface area (Å²) in [6, 6.07) is 4.26. The summed E-state index contributed by atoms with van der Waals surface area (Å²) in [6.45, 7) is 5.42. The van der Waals surface area contributed by atoms with E-state index in [1.54, 1.807) is 7.11 Å². The van der Waals surface area contributed by atoms with Crippen LogP contribution in [0.15, 0.2) is 12.1 Å². The van der Waals surface area contributed by atoms with Crippen LogP contribution in [0.2, 0.25) is 0 Å². The molecule has 0 amide bonds.